The maximum atomic E-state index is 4.39. The molecule has 2 rings (SSSR count). The Balaban J connectivity index is 0.00000128. The molecule has 1 saturated heterocycles. The van der Waals surface area contributed by atoms with Crippen LogP contribution in [0.2, 0.25) is 0 Å². The number of halogens is 1. The molecule has 0 amide bonds. The largest absolute Gasteiger partial charge is 0.317 e. The van der Waals surface area contributed by atoms with E-state index in [0.717, 1.165) is 13.1 Å². The van der Waals surface area contributed by atoms with Crippen molar-refractivity contribution in [3.8, 4) is 0 Å². The van der Waals surface area contributed by atoms with Crippen LogP contribution in [0.3, 0.4) is 0 Å². The summed E-state index contributed by atoms with van der Waals surface area (Å²) in [4.78, 5) is 6.87. The van der Waals surface area contributed by atoms with Crippen molar-refractivity contribution in [1.29, 1.82) is 0 Å². The van der Waals surface area contributed by atoms with Crippen LogP contribution < -0.4 is 5.32 Å². The van der Waals surface area contributed by atoms with Crippen molar-refractivity contribution in [2.45, 2.75) is 31.8 Å². The van der Waals surface area contributed by atoms with Gasteiger partial charge in [0.1, 0.15) is 5.01 Å². The van der Waals surface area contributed by atoms with E-state index in [2.05, 4.69) is 34.6 Å². The van der Waals surface area contributed by atoms with Gasteiger partial charge in [-0.15, -0.1) is 23.7 Å². The number of hydrogen-bond acceptors (Lipinski definition) is 4. The molecule has 0 spiro atoms. The minimum atomic E-state index is 0. The summed E-state index contributed by atoms with van der Waals surface area (Å²) < 4.78 is 0. The van der Waals surface area contributed by atoms with Gasteiger partial charge in [-0.05, 0) is 39.9 Å². The first-order chi connectivity index (χ1) is 7.29. The van der Waals surface area contributed by atoms with Crippen molar-refractivity contribution in [1.82, 2.24) is 15.2 Å². The van der Waals surface area contributed by atoms with Crippen molar-refractivity contribution >= 4 is 23.7 Å². The van der Waals surface area contributed by atoms with Crippen LogP contribution in [0.1, 0.15) is 30.8 Å². The minimum absolute atomic E-state index is 0. The number of piperidine rings is 1. The molecule has 2 heterocycles. The van der Waals surface area contributed by atoms with Gasteiger partial charge in [0.05, 0.1) is 6.04 Å². The van der Waals surface area contributed by atoms with Gasteiger partial charge in [0.25, 0.3) is 0 Å². The van der Waals surface area contributed by atoms with E-state index < -0.39 is 0 Å². The Hall–Kier alpha value is -0.160. The van der Waals surface area contributed by atoms with E-state index in [0.29, 0.717) is 12.1 Å². The highest BCUT2D eigenvalue weighted by molar-refractivity contribution is 7.09. The number of rotatable bonds is 3. The average molecular weight is 262 g/mol. The zero-order valence-corrected chi connectivity index (χ0v) is 11.5. The molecule has 1 unspecified atom stereocenters. The molecule has 0 aromatic carbocycles. The molecule has 5 heteroatoms. The second-order valence-corrected chi connectivity index (χ2v) is 5.12. The first-order valence-electron chi connectivity index (χ1n) is 5.61. The van der Waals surface area contributed by atoms with Gasteiger partial charge in [-0.2, -0.15) is 0 Å². The summed E-state index contributed by atoms with van der Waals surface area (Å²) >= 11 is 1.75. The summed E-state index contributed by atoms with van der Waals surface area (Å²) in [5, 5.41) is 6.69. The molecule has 0 saturated carbocycles. The Morgan fingerprint density at radius 1 is 1.50 bits per heavy atom. The second kappa shape index (κ2) is 6.55. The van der Waals surface area contributed by atoms with E-state index >= 15 is 0 Å². The van der Waals surface area contributed by atoms with E-state index in [-0.39, 0.29) is 12.4 Å². The lowest BCUT2D eigenvalue weighted by molar-refractivity contribution is 0.152. The molecule has 92 valence electrons. The number of aromatic nitrogens is 1. The maximum Gasteiger partial charge on any atom is 0.109 e. The molecule has 1 N–H and O–H groups in total. The van der Waals surface area contributed by atoms with Crippen molar-refractivity contribution in [3.63, 3.8) is 0 Å². The van der Waals surface area contributed by atoms with Crippen LogP contribution in [0.4, 0.5) is 0 Å². The fourth-order valence-corrected chi connectivity index (χ4v) is 2.89. The fraction of sp³-hybridized carbons (Fsp3) is 0.727. The van der Waals surface area contributed by atoms with Crippen LogP contribution in [-0.2, 0) is 0 Å². The van der Waals surface area contributed by atoms with Gasteiger partial charge >= 0.3 is 0 Å². The Labute approximate surface area is 108 Å². The number of nitrogens with zero attached hydrogens (tertiary/aromatic N) is 2. The maximum absolute atomic E-state index is 4.39. The lowest BCUT2D eigenvalue weighted by Crippen LogP contribution is -2.42. The number of hydrogen-bond donors (Lipinski definition) is 1. The van der Waals surface area contributed by atoms with Gasteiger partial charge in [-0.3, -0.25) is 4.90 Å². The quantitative estimate of drug-likeness (QED) is 0.905. The highest BCUT2D eigenvalue weighted by atomic mass is 35.5. The summed E-state index contributed by atoms with van der Waals surface area (Å²) in [7, 11) is 2.22. The van der Waals surface area contributed by atoms with Crippen LogP contribution >= 0.6 is 23.7 Å². The van der Waals surface area contributed by atoms with Gasteiger partial charge in [0.2, 0.25) is 0 Å². The van der Waals surface area contributed by atoms with Crippen LogP contribution in [0.5, 0.6) is 0 Å². The summed E-state index contributed by atoms with van der Waals surface area (Å²) in [6, 6.07) is 1.17. The lowest BCUT2D eigenvalue weighted by Gasteiger charge is -2.34. The zero-order valence-electron chi connectivity index (χ0n) is 9.85. The summed E-state index contributed by atoms with van der Waals surface area (Å²) in [5.74, 6) is 0. The van der Waals surface area contributed by atoms with Gasteiger partial charge in [-0.25, -0.2) is 4.98 Å². The average Bonchev–Trinajstić information content (AvgIpc) is 2.82. The summed E-state index contributed by atoms with van der Waals surface area (Å²) in [6.45, 7) is 4.56. The van der Waals surface area contributed by atoms with Gasteiger partial charge in [-0.1, -0.05) is 0 Å². The van der Waals surface area contributed by atoms with Gasteiger partial charge < -0.3 is 5.32 Å². The van der Waals surface area contributed by atoms with E-state index in [9.17, 15) is 0 Å². The Kier molecular flexibility index (Phi) is 5.69. The first kappa shape index (κ1) is 13.9. The topological polar surface area (TPSA) is 28.2 Å². The SMILES string of the molecule is CC(c1nccs1)N(C)C1CCNCC1.Cl. The molecular formula is C11H20ClN3S. The molecule has 1 aromatic rings. The van der Waals surface area contributed by atoms with Crippen LogP contribution in [0.15, 0.2) is 11.6 Å². The van der Waals surface area contributed by atoms with Crippen molar-refractivity contribution in [2.24, 2.45) is 0 Å². The number of nitrogens with one attached hydrogen (secondary N) is 1. The zero-order chi connectivity index (χ0) is 10.7. The molecule has 16 heavy (non-hydrogen) atoms. The van der Waals surface area contributed by atoms with Crippen molar-refractivity contribution in [2.75, 3.05) is 20.1 Å². The third-order valence-corrected chi connectivity index (χ3v) is 4.25. The standard InChI is InChI=1S/C11H19N3S.ClH/c1-9(11-13-7-8-15-11)14(2)10-3-5-12-6-4-10;/h7-10,12H,3-6H2,1-2H3;1H. The monoisotopic (exact) mass is 261 g/mol. The minimum Gasteiger partial charge on any atom is -0.317 e. The third-order valence-electron chi connectivity index (χ3n) is 3.30. The second-order valence-electron chi connectivity index (χ2n) is 4.19. The first-order valence-corrected chi connectivity index (χ1v) is 6.49. The molecule has 1 fully saturated rings. The lowest BCUT2D eigenvalue weighted by atomic mass is 10.0. The van der Waals surface area contributed by atoms with E-state index in [1.165, 1.54) is 17.8 Å². The molecule has 1 aliphatic heterocycles. The van der Waals surface area contributed by atoms with Crippen molar-refractivity contribution in [3.05, 3.63) is 16.6 Å². The van der Waals surface area contributed by atoms with Crippen LogP contribution in [0, 0.1) is 0 Å². The molecular weight excluding hydrogens is 242 g/mol. The summed E-state index contributed by atoms with van der Waals surface area (Å²) in [5.41, 5.74) is 0. The van der Waals surface area contributed by atoms with E-state index in [4.69, 9.17) is 0 Å². The molecule has 3 nitrogen and oxygen atoms in total. The Morgan fingerprint density at radius 2 is 2.19 bits per heavy atom. The van der Waals surface area contributed by atoms with Gasteiger partial charge in [0, 0.05) is 17.6 Å². The molecule has 1 aliphatic rings. The smallest absolute Gasteiger partial charge is 0.109 e. The number of thiazole rings is 1. The predicted octanol–water partition coefficient (Wildman–Crippen LogP) is 2.31. The summed E-state index contributed by atoms with van der Waals surface area (Å²) in [6.07, 6.45) is 4.41. The third kappa shape index (κ3) is 3.17. The highest BCUT2D eigenvalue weighted by Crippen LogP contribution is 2.25. The molecule has 1 aromatic heterocycles. The van der Waals surface area contributed by atoms with Gasteiger partial charge in [0.15, 0.2) is 0 Å². The van der Waals surface area contributed by atoms with Crippen molar-refractivity contribution < 1.29 is 0 Å². The predicted molar refractivity (Wildman–Crippen MR) is 71.4 cm³/mol. The molecule has 0 bridgehead atoms. The normalized spacial score (nSPS) is 19.4. The van der Waals surface area contributed by atoms with Crippen LogP contribution in [0.25, 0.3) is 0 Å². The molecule has 1 atom stereocenters. The Bertz CT molecular complexity index is 285. The Morgan fingerprint density at radius 3 is 2.75 bits per heavy atom. The fourth-order valence-electron chi connectivity index (χ4n) is 2.15. The highest BCUT2D eigenvalue weighted by Gasteiger charge is 2.23. The molecule has 0 aliphatic carbocycles. The van der Waals surface area contributed by atoms with Crippen LogP contribution in [-0.4, -0.2) is 36.1 Å². The van der Waals surface area contributed by atoms with E-state index in [1.54, 1.807) is 11.3 Å². The molecule has 0 radical (unpaired) electrons. The van der Waals surface area contributed by atoms with E-state index in [1.807, 2.05) is 6.20 Å².